The van der Waals surface area contributed by atoms with Gasteiger partial charge in [0.05, 0.1) is 12.2 Å². The van der Waals surface area contributed by atoms with Crippen LogP contribution in [0.2, 0.25) is 0 Å². The molecule has 1 heterocycles. The number of rotatable bonds is 6. The Morgan fingerprint density at radius 1 is 1.18 bits per heavy atom. The fourth-order valence-corrected chi connectivity index (χ4v) is 3.25. The average molecular weight is 384 g/mol. The van der Waals surface area contributed by atoms with Crippen LogP contribution in [0.15, 0.2) is 29.1 Å². The fraction of sp³-hybridized carbons (Fsp3) is 0.381. The number of unbranched alkanes of at least 4 members (excludes halogenated alkanes) is 1. The molecule has 0 unspecified atom stereocenters. The molecule has 0 radical (unpaired) electrons. The Bertz CT molecular complexity index is 931. The molecule has 7 nitrogen and oxygen atoms in total. The summed E-state index contributed by atoms with van der Waals surface area (Å²) in [6.07, 6.45) is 4.92. The lowest BCUT2D eigenvalue weighted by Gasteiger charge is -2.18. The monoisotopic (exact) mass is 384 g/mol. The number of benzene rings is 1. The number of aromatic amines is 1. The van der Waals surface area contributed by atoms with Gasteiger partial charge in [-0.25, -0.2) is 4.79 Å². The first-order chi connectivity index (χ1) is 13.5. The van der Waals surface area contributed by atoms with Crippen LogP contribution in [0.1, 0.15) is 64.6 Å². The molecule has 0 saturated heterocycles. The van der Waals surface area contributed by atoms with Crippen LogP contribution < -0.4 is 10.9 Å². The number of ether oxygens (including phenoxy) is 1. The molecule has 1 aromatic carbocycles. The smallest absolute Gasteiger partial charge is 0.338 e. The first kappa shape index (κ1) is 19.7. The van der Waals surface area contributed by atoms with E-state index in [1.807, 2.05) is 6.92 Å². The predicted octanol–water partition coefficient (Wildman–Crippen LogP) is 3.17. The van der Waals surface area contributed by atoms with Crippen LogP contribution >= 0.6 is 0 Å². The number of anilines is 1. The number of esters is 1. The van der Waals surface area contributed by atoms with Crippen molar-refractivity contribution in [1.82, 2.24) is 4.98 Å². The Balaban J connectivity index is 1.73. The molecule has 0 bridgehead atoms. The Hall–Kier alpha value is -3.09. The van der Waals surface area contributed by atoms with Gasteiger partial charge in [-0.05, 0) is 56.4 Å². The highest BCUT2D eigenvalue weighted by molar-refractivity contribution is 6.06. The van der Waals surface area contributed by atoms with Crippen molar-refractivity contribution in [1.29, 1.82) is 0 Å². The molecule has 1 aliphatic carbocycles. The number of carbonyl (C=O) groups excluding carboxylic acids is 2. The number of carbonyl (C=O) groups is 2. The molecule has 0 saturated carbocycles. The Labute approximate surface area is 162 Å². The fourth-order valence-electron chi connectivity index (χ4n) is 3.25. The van der Waals surface area contributed by atoms with Crippen LogP contribution in [-0.4, -0.2) is 28.6 Å². The van der Waals surface area contributed by atoms with E-state index >= 15 is 0 Å². The molecule has 1 aliphatic rings. The Morgan fingerprint density at radius 2 is 1.89 bits per heavy atom. The van der Waals surface area contributed by atoms with Crippen LogP contribution in [0.3, 0.4) is 0 Å². The van der Waals surface area contributed by atoms with Crippen LogP contribution in [0.5, 0.6) is 5.75 Å². The van der Waals surface area contributed by atoms with Crippen molar-refractivity contribution in [3.05, 3.63) is 57.0 Å². The summed E-state index contributed by atoms with van der Waals surface area (Å²) in [4.78, 5) is 39.5. The molecular formula is C21H24N2O5. The molecule has 28 heavy (non-hydrogen) atoms. The molecule has 3 N–H and O–H groups in total. The van der Waals surface area contributed by atoms with Crippen molar-refractivity contribution >= 4 is 17.6 Å². The number of pyridine rings is 1. The molecule has 2 aromatic rings. The van der Waals surface area contributed by atoms with E-state index in [9.17, 15) is 19.5 Å². The first-order valence-electron chi connectivity index (χ1n) is 9.56. The number of H-pyrrole nitrogens is 1. The summed E-state index contributed by atoms with van der Waals surface area (Å²) in [5.41, 5.74) is 1.24. The van der Waals surface area contributed by atoms with E-state index in [1.54, 1.807) is 24.3 Å². The maximum atomic E-state index is 12.6. The van der Waals surface area contributed by atoms with E-state index < -0.39 is 17.4 Å². The topological polar surface area (TPSA) is 108 Å². The van der Waals surface area contributed by atoms with Crippen molar-refractivity contribution in [2.75, 3.05) is 11.9 Å². The zero-order valence-corrected chi connectivity index (χ0v) is 15.8. The molecule has 1 aromatic heterocycles. The standard InChI is InChI=1S/C21H24N2O5/c1-2-3-12-28-21(27)13-8-10-14(11-9-13)22-19(25)17-18(24)15-6-4-5-7-16(15)23-20(17)26/h8-11H,2-7,12H2,1H3,(H,22,25)(H2,23,24,26). The third kappa shape index (κ3) is 4.24. The van der Waals surface area contributed by atoms with Gasteiger partial charge in [0.2, 0.25) is 0 Å². The number of fused-ring (bicyclic) bond motifs is 1. The first-order valence-corrected chi connectivity index (χ1v) is 9.56. The number of hydrogen-bond donors (Lipinski definition) is 3. The SMILES string of the molecule is CCCCOC(=O)c1ccc(NC(=O)c2c(O)c3c([nH]c2=O)CCCC3)cc1. The molecule has 0 atom stereocenters. The van der Waals surface area contributed by atoms with Gasteiger partial charge < -0.3 is 20.1 Å². The van der Waals surface area contributed by atoms with Crippen LogP contribution in [0.4, 0.5) is 5.69 Å². The number of amides is 1. The van der Waals surface area contributed by atoms with Crippen LogP contribution in [-0.2, 0) is 17.6 Å². The summed E-state index contributed by atoms with van der Waals surface area (Å²) in [6.45, 7) is 2.38. The zero-order valence-electron chi connectivity index (χ0n) is 15.8. The third-order valence-electron chi connectivity index (χ3n) is 4.82. The van der Waals surface area contributed by atoms with Gasteiger partial charge in [-0.1, -0.05) is 13.3 Å². The predicted molar refractivity (Wildman–Crippen MR) is 105 cm³/mol. The molecule has 7 heteroatoms. The quantitative estimate of drug-likeness (QED) is 0.524. The highest BCUT2D eigenvalue weighted by Crippen LogP contribution is 2.29. The molecule has 148 valence electrons. The molecule has 0 fully saturated rings. The average Bonchev–Trinajstić information content (AvgIpc) is 2.68. The molecule has 0 aliphatic heterocycles. The van der Waals surface area contributed by atoms with E-state index in [0.717, 1.165) is 25.7 Å². The number of hydrogen-bond acceptors (Lipinski definition) is 5. The second-order valence-corrected chi connectivity index (χ2v) is 6.86. The maximum absolute atomic E-state index is 12.6. The van der Waals surface area contributed by atoms with Crippen molar-refractivity contribution in [3.63, 3.8) is 0 Å². The van der Waals surface area contributed by atoms with Gasteiger partial charge >= 0.3 is 5.97 Å². The lowest BCUT2D eigenvalue weighted by atomic mass is 9.93. The second-order valence-electron chi connectivity index (χ2n) is 6.86. The highest BCUT2D eigenvalue weighted by atomic mass is 16.5. The lowest BCUT2D eigenvalue weighted by Crippen LogP contribution is -2.26. The Morgan fingerprint density at radius 3 is 2.61 bits per heavy atom. The number of nitrogens with one attached hydrogen (secondary N) is 2. The number of aryl methyl sites for hydroxylation is 1. The van der Waals surface area contributed by atoms with Crippen molar-refractivity contribution in [3.8, 4) is 5.75 Å². The molecule has 0 spiro atoms. The van der Waals surface area contributed by atoms with Crippen molar-refractivity contribution in [2.24, 2.45) is 0 Å². The lowest BCUT2D eigenvalue weighted by molar-refractivity contribution is 0.0499. The van der Waals surface area contributed by atoms with E-state index in [4.69, 9.17) is 4.74 Å². The molecule has 1 amide bonds. The summed E-state index contributed by atoms with van der Waals surface area (Å²) < 4.78 is 5.14. The summed E-state index contributed by atoms with van der Waals surface area (Å²) in [5, 5.41) is 13.0. The number of aromatic hydroxyl groups is 1. The summed E-state index contributed by atoms with van der Waals surface area (Å²) in [6, 6.07) is 6.19. The number of aromatic nitrogens is 1. The van der Waals surface area contributed by atoms with E-state index in [0.29, 0.717) is 42.0 Å². The van der Waals surface area contributed by atoms with Gasteiger partial charge in [0.15, 0.2) is 0 Å². The summed E-state index contributed by atoms with van der Waals surface area (Å²) in [5.74, 6) is -1.35. The van der Waals surface area contributed by atoms with Crippen LogP contribution in [0.25, 0.3) is 0 Å². The van der Waals surface area contributed by atoms with E-state index in [1.165, 1.54) is 0 Å². The molecular weight excluding hydrogens is 360 g/mol. The van der Waals surface area contributed by atoms with Gasteiger partial charge in [-0.15, -0.1) is 0 Å². The normalized spacial score (nSPS) is 12.9. The minimum atomic E-state index is -0.689. The highest BCUT2D eigenvalue weighted by Gasteiger charge is 2.24. The van der Waals surface area contributed by atoms with Gasteiger partial charge in [-0.3, -0.25) is 9.59 Å². The second kappa shape index (κ2) is 8.73. The van der Waals surface area contributed by atoms with E-state index in [-0.39, 0.29) is 11.3 Å². The van der Waals surface area contributed by atoms with Gasteiger partial charge in [0.25, 0.3) is 11.5 Å². The van der Waals surface area contributed by atoms with E-state index in [2.05, 4.69) is 10.3 Å². The zero-order chi connectivity index (χ0) is 20.1. The van der Waals surface area contributed by atoms with Crippen molar-refractivity contribution < 1.29 is 19.4 Å². The molecule has 3 rings (SSSR count). The minimum absolute atomic E-state index is 0.243. The largest absolute Gasteiger partial charge is 0.507 e. The maximum Gasteiger partial charge on any atom is 0.338 e. The Kier molecular flexibility index (Phi) is 6.13. The van der Waals surface area contributed by atoms with Gasteiger partial charge in [0, 0.05) is 16.9 Å². The third-order valence-corrected chi connectivity index (χ3v) is 4.82. The van der Waals surface area contributed by atoms with Crippen molar-refractivity contribution in [2.45, 2.75) is 45.4 Å². The minimum Gasteiger partial charge on any atom is -0.507 e. The van der Waals surface area contributed by atoms with Gasteiger partial charge in [0.1, 0.15) is 11.3 Å². The summed E-state index contributed by atoms with van der Waals surface area (Å²) >= 11 is 0. The summed E-state index contributed by atoms with van der Waals surface area (Å²) in [7, 11) is 0. The van der Waals surface area contributed by atoms with Crippen LogP contribution in [0, 0.1) is 0 Å². The van der Waals surface area contributed by atoms with Gasteiger partial charge in [-0.2, -0.15) is 0 Å².